The average molecular weight is 666 g/mol. The molecule has 1 unspecified atom stereocenters. The molecular weight excluding hydrogens is 643 g/mol. The van der Waals surface area contributed by atoms with E-state index in [9.17, 15) is 83.6 Å². The number of halogens is 13. The third-order valence-electron chi connectivity index (χ3n) is 5.26. The summed E-state index contributed by atoms with van der Waals surface area (Å²) in [6.45, 7) is -4.60. The summed E-state index contributed by atoms with van der Waals surface area (Å²) in [6.07, 6.45) is -11.3. The highest BCUT2D eigenvalue weighted by atomic mass is 32.2. The van der Waals surface area contributed by atoms with Crippen LogP contribution in [0.1, 0.15) is 6.42 Å². The van der Waals surface area contributed by atoms with E-state index in [2.05, 4.69) is 0 Å². The van der Waals surface area contributed by atoms with Crippen molar-refractivity contribution in [3.8, 4) is 0 Å². The molecule has 40 heavy (non-hydrogen) atoms. The Bertz CT molecular complexity index is 1080. The minimum Gasteiger partial charge on any atom is -0.748 e. The molecule has 242 valence electrons. The molecule has 0 aromatic carbocycles. The lowest BCUT2D eigenvalue weighted by Crippen LogP contribution is -2.72. The number of aliphatic hydroxyl groups is 2. The first kappa shape index (κ1) is 38.8. The summed E-state index contributed by atoms with van der Waals surface area (Å²) >= 11 is 0. The second kappa shape index (κ2) is 11.8. The first-order chi connectivity index (χ1) is 17.3. The molecule has 0 rings (SSSR count). The number of aliphatic hydroxyl groups excluding tert-OH is 2. The molecule has 24 heteroatoms. The number of likely N-dealkylation sites (N-methyl/N-ethyl adjacent to an activating group) is 1. The van der Waals surface area contributed by atoms with Crippen LogP contribution >= 0.6 is 0 Å². The highest BCUT2D eigenvalue weighted by Crippen LogP contribution is 2.61. The molecule has 0 spiro atoms. The molecule has 0 fully saturated rings. The van der Waals surface area contributed by atoms with Gasteiger partial charge in [-0.05, 0) is 0 Å². The predicted octanol–water partition coefficient (Wildman–Crippen LogP) is 1.68. The summed E-state index contributed by atoms with van der Waals surface area (Å²) in [7, 11) is -10.4. The summed E-state index contributed by atoms with van der Waals surface area (Å²) < 4.78 is 230. The topological polar surface area (TPSA) is 135 Å². The van der Waals surface area contributed by atoms with Crippen molar-refractivity contribution in [3.63, 3.8) is 0 Å². The van der Waals surface area contributed by atoms with Crippen LogP contribution in [-0.2, 0) is 20.1 Å². The summed E-state index contributed by atoms with van der Waals surface area (Å²) in [5.74, 6) is -35.1. The van der Waals surface area contributed by atoms with Gasteiger partial charge in [-0.15, -0.1) is 0 Å². The summed E-state index contributed by atoms with van der Waals surface area (Å²) in [5.41, 5.74) is 0. The van der Waals surface area contributed by atoms with E-state index in [1.807, 2.05) is 0 Å². The second-order valence-electron chi connectivity index (χ2n) is 9.01. The SMILES string of the molecule is C[N+](C)(CCO)CCCN(CC(O)CS(=O)(=O)[O-])S(=O)(=O)C(F)(F)C(F)(F)C(F)(F)C(F)(F)C(F)(F)C(F)(F)F. The molecule has 0 aromatic rings. The molecule has 0 aliphatic heterocycles. The van der Waals surface area contributed by atoms with Gasteiger partial charge in [0.1, 0.15) is 6.54 Å². The Kier molecular flexibility index (Phi) is 11.5. The van der Waals surface area contributed by atoms with Crippen LogP contribution in [0.3, 0.4) is 0 Å². The minimum atomic E-state index is -8.42. The molecule has 0 radical (unpaired) electrons. The van der Waals surface area contributed by atoms with Crippen LogP contribution in [0, 0.1) is 0 Å². The highest BCUT2D eigenvalue weighted by molar-refractivity contribution is 7.90. The fourth-order valence-electron chi connectivity index (χ4n) is 2.97. The summed E-state index contributed by atoms with van der Waals surface area (Å²) in [5, 5.41) is 10.9. The fourth-order valence-corrected chi connectivity index (χ4v) is 5.06. The van der Waals surface area contributed by atoms with Crippen molar-refractivity contribution < 1.29 is 93.2 Å². The highest BCUT2D eigenvalue weighted by Gasteiger charge is 2.92. The molecule has 0 aromatic heterocycles. The van der Waals surface area contributed by atoms with E-state index in [-0.39, 0.29) is 17.6 Å². The predicted molar refractivity (Wildman–Crippen MR) is 105 cm³/mol. The molecule has 0 saturated heterocycles. The van der Waals surface area contributed by atoms with Crippen LogP contribution in [0.2, 0.25) is 0 Å². The molecule has 0 amide bonds. The maximum absolute atomic E-state index is 14.5. The third kappa shape index (κ3) is 7.59. The van der Waals surface area contributed by atoms with Crippen molar-refractivity contribution in [3.05, 3.63) is 0 Å². The van der Waals surface area contributed by atoms with Crippen LogP contribution in [0.5, 0.6) is 0 Å². The Morgan fingerprint density at radius 3 is 1.57 bits per heavy atom. The van der Waals surface area contributed by atoms with Gasteiger partial charge in [-0.3, -0.25) is 0 Å². The Morgan fingerprint density at radius 1 is 0.775 bits per heavy atom. The molecule has 0 heterocycles. The zero-order valence-corrected chi connectivity index (χ0v) is 21.7. The van der Waals surface area contributed by atoms with Gasteiger partial charge in [-0.1, -0.05) is 0 Å². The van der Waals surface area contributed by atoms with E-state index in [1.165, 1.54) is 14.1 Å². The van der Waals surface area contributed by atoms with E-state index in [1.54, 1.807) is 0 Å². The standard InChI is InChI=1S/C16H23F13N2O7S2/c1-31(2,6-7-32)5-3-4-30(8-10(33)9-39(34,35)36)40(37,38)16(28,29)14(23,24)12(19,20)11(17,18)13(21,22)15(25,26)27/h10,32-33H,3-9H2,1-2H3. The maximum atomic E-state index is 14.5. The number of alkyl halides is 13. The van der Waals surface area contributed by atoms with Crippen molar-refractivity contribution in [1.82, 2.24) is 4.31 Å². The zero-order chi connectivity index (χ0) is 32.6. The van der Waals surface area contributed by atoms with Gasteiger partial charge in [0.05, 0.1) is 49.2 Å². The van der Waals surface area contributed by atoms with Crippen LogP contribution < -0.4 is 0 Å². The third-order valence-corrected chi connectivity index (χ3v) is 7.96. The van der Waals surface area contributed by atoms with Crippen LogP contribution in [-0.4, -0.2) is 134 Å². The Balaban J connectivity index is 6.77. The first-order valence-electron chi connectivity index (χ1n) is 10.3. The minimum absolute atomic E-state index is 0.118. The largest absolute Gasteiger partial charge is 0.748 e. The molecule has 0 aliphatic carbocycles. The Morgan fingerprint density at radius 2 is 1.20 bits per heavy atom. The van der Waals surface area contributed by atoms with Crippen molar-refractivity contribution >= 4 is 20.1 Å². The quantitative estimate of drug-likeness (QED) is 0.146. The second-order valence-corrected chi connectivity index (χ2v) is 12.4. The number of hydrogen-bond donors (Lipinski definition) is 2. The molecular formula is C16H23F13N2O7S2. The lowest BCUT2D eigenvalue weighted by atomic mass is 9.98. The monoisotopic (exact) mass is 666 g/mol. The molecule has 1 atom stereocenters. The van der Waals surface area contributed by atoms with Gasteiger partial charge in [-0.25, -0.2) is 16.8 Å². The van der Waals surface area contributed by atoms with Gasteiger partial charge in [0.2, 0.25) is 0 Å². The lowest BCUT2D eigenvalue weighted by Gasteiger charge is -2.40. The van der Waals surface area contributed by atoms with Crippen molar-refractivity contribution in [2.24, 2.45) is 0 Å². The molecule has 9 nitrogen and oxygen atoms in total. The summed E-state index contributed by atoms with van der Waals surface area (Å²) in [4.78, 5) is 0. The number of rotatable bonds is 16. The van der Waals surface area contributed by atoms with Crippen LogP contribution in [0.15, 0.2) is 0 Å². The molecule has 2 N–H and O–H groups in total. The average Bonchev–Trinajstić information content (AvgIpc) is 2.69. The molecule has 0 aliphatic rings. The van der Waals surface area contributed by atoms with Crippen LogP contribution in [0.4, 0.5) is 57.1 Å². The van der Waals surface area contributed by atoms with Gasteiger partial charge in [-0.2, -0.15) is 61.4 Å². The van der Waals surface area contributed by atoms with Crippen molar-refractivity contribution in [2.45, 2.75) is 47.6 Å². The van der Waals surface area contributed by atoms with Crippen molar-refractivity contribution in [1.29, 1.82) is 0 Å². The number of nitrogens with zero attached hydrogens (tertiary/aromatic N) is 2. The van der Waals surface area contributed by atoms with Gasteiger partial charge in [0.25, 0.3) is 10.0 Å². The fraction of sp³-hybridized carbons (Fsp3) is 1.00. The van der Waals surface area contributed by atoms with E-state index in [4.69, 9.17) is 5.11 Å². The van der Waals surface area contributed by atoms with Crippen molar-refractivity contribution in [2.75, 3.05) is 52.6 Å². The number of sulfonamides is 1. The smallest absolute Gasteiger partial charge is 0.460 e. The van der Waals surface area contributed by atoms with E-state index < -0.39 is 97.5 Å². The Hall–Kier alpha value is -1.21. The van der Waals surface area contributed by atoms with Gasteiger partial charge in [0.15, 0.2) is 0 Å². The van der Waals surface area contributed by atoms with Gasteiger partial charge < -0.3 is 19.2 Å². The van der Waals surface area contributed by atoms with Gasteiger partial charge in [0, 0.05) is 19.5 Å². The number of quaternary nitrogens is 1. The molecule has 0 bridgehead atoms. The lowest BCUT2D eigenvalue weighted by molar-refractivity contribution is -0.890. The van der Waals surface area contributed by atoms with Crippen LogP contribution in [0.25, 0.3) is 0 Å². The zero-order valence-electron chi connectivity index (χ0n) is 20.1. The number of hydrogen-bond acceptors (Lipinski definition) is 7. The Labute approximate surface area is 218 Å². The molecule has 0 saturated carbocycles. The van der Waals surface area contributed by atoms with Gasteiger partial charge >= 0.3 is 35.1 Å². The summed E-state index contributed by atoms with van der Waals surface area (Å²) in [6, 6.07) is 0. The van der Waals surface area contributed by atoms with E-state index in [0.29, 0.717) is 0 Å². The normalized spacial score (nSPS) is 16.5. The van der Waals surface area contributed by atoms with E-state index in [0.717, 1.165) is 0 Å². The van der Waals surface area contributed by atoms with E-state index >= 15 is 0 Å². The first-order valence-corrected chi connectivity index (χ1v) is 13.3. The maximum Gasteiger partial charge on any atom is 0.460 e.